The van der Waals surface area contributed by atoms with Crippen LogP contribution in [0.3, 0.4) is 0 Å². The van der Waals surface area contributed by atoms with Crippen molar-refractivity contribution in [2.45, 2.75) is 131 Å². The van der Waals surface area contributed by atoms with E-state index in [0.717, 1.165) is 39.1 Å². The maximum Gasteiger partial charge on any atom is 0.252 e. The Hall–Kier alpha value is -4.24. The average Bonchev–Trinajstić information content (AvgIpc) is 3.11. The zero-order valence-corrected chi connectivity index (χ0v) is 34.7. The Kier molecular flexibility index (Phi) is 6.68. The molecular formula is C50H61BN2. The highest BCUT2D eigenvalue weighted by molar-refractivity contribution is 7.00. The number of anilines is 6. The molecular weight excluding hydrogens is 639 g/mol. The molecule has 274 valence electrons. The molecule has 3 heteroatoms. The predicted molar refractivity (Wildman–Crippen MR) is 234 cm³/mol. The molecule has 0 spiro atoms. The minimum atomic E-state index is -0.684. The summed E-state index contributed by atoms with van der Waals surface area (Å²) in [5.41, 5.74) is 8.13. The molecule has 7 rings (SSSR count). The molecule has 2 aliphatic heterocycles. The maximum absolute atomic E-state index is 10.2. The van der Waals surface area contributed by atoms with Gasteiger partial charge in [0.25, 0.3) is 6.71 Å². The van der Waals surface area contributed by atoms with E-state index in [4.69, 9.17) is 0 Å². The van der Waals surface area contributed by atoms with Crippen LogP contribution < -0.4 is 26.2 Å². The zero-order valence-electron chi connectivity index (χ0n) is 41.7. The van der Waals surface area contributed by atoms with Crippen molar-refractivity contribution >= 4 is 57.2 Å². The molecule has 2 heterocycles. The van der Waals surface area contributed by atoms with Crippen LogP contribution in [0, 0.1) is 0 Å². The van der Waals surface area contributed by atoms with Gasteiger partial charge in [-0.05, 0) is 120 Å². The van der Waals surface area contributed by atoms with Crippen LogP contribution in [0.1, 0.15) is 141 Å². The van der Waals surface area contributed by atoms with Crippen LogP contribution in [0.2, 0.25) is 0 Å². The molecule has 0 amide bonds. The van der Waals surface area contributed by atoms with E-state index >= 15 is 0 Å². The fraction of sp³-hybridized carbons (Fsp3) is 0.400. The van der Waals surface area contributed by atoms with Gasteiger partial charge in [0.1, 0.15) is 0 Å². The van der Waals surface area contributed by atoms with E-state index in [1.165, 1.54) is 5.56 Å². The van der Waals surface area contributed by atoms with E-state index in [0.29, 0.717) is 22.3 Å². The SMILES string of the molecule is [2H]c1c([2H])c(C(C)(C)C)c([2H])c([2H])c1N1c2cc(C(C)(C)C)cc3c2B(c2cc(C(C)(C)C)ccc2N3c2ccc(C(C)(C)C)cc2)c2c([2H])c(C(C)(C)C)c([2H])c([2H])c21. The normalized spacial score (nSPS) is 16.4. The van der Waals surface area contributed by atoms with Gasteiger partial charge < -0.3 is 9.80 Å². The van der Waals surface area contributed by atoms with Gasteiger partial charge >= 0.3 is 0 Å². The van der Waals surface area contributed by atoms with Gasteiger partial charge in [-0.2, -0.15) is 0 Å². The van der Waals surface area contributed by atoms with Crippen molar-refractivity contribution in [3.63, 3.8) is 0 Å². The van der Waals surface area contributed by atoms with Crippen LogP contribution in [0.25, 0.3) is 0 Å². The quantitative estimate of drug-likeness (QED) is 0.165. The molecule has 0 unspecified atom stereocenters. The van der Waals surface area contributed by atoms with Gasteiger partial charge in [-0.25, -0.2) is 0 Å². The molecule has 0 saturated heterocycles. The van der Waals surface area contributed by atoms with Crippen molar-refractivity contribution in [3.8, 4) is 0 Å². The zero-order chi connectivity index (χ0) is 44.7. The largest absolute Gasteiger partial charge is 0.311 e. The Balaban J connectivity index is 1.75. The van der Waals surface area contributed by atoms with E-state index in [2.05, 4.69) is 122 Å². The molecule has 0 atom stereocenters. The lowest BCUT2D eigenvalue weighted by Gasteiger charge is -2.45. The summed E-state index contributed by atoms with van der Waals surface area (Å²) in [4.78, 5) is 4.02. The highest BCUT2D eigenvalue weighted by Gasteiger charge is 2.45. The molecule has 53 heavy (non-hydrogen) atoms. The van der Waals surface area contributed by atoms with E-state index < -0.39 is 17.5 Å². The monoisotopic (exact) mass is 708 g/mol. The molecule has 0 fully saturated rings. The van der Waals surface area contributed by atoms with Gasteiger partial charge in [-0.15, -0.1) is 0 Å². The average molecular weight is 708 g/mol. The lowest BCUT2D eigenvalue weighted by molar-refractivity contribution is 0.589. The summed E-state index contributed by atoms with van der Waals surface area (Å²) in [5, 5.41) is 0. The van der Waals surface area contributed by atoms with E-state index in [9.17, 15) is 9.60 Å². The summed E-state index contributed by atoms with van der Waals surface area (Å²) in [6.07, 6.45) is 0. The summed E-state index contributed by atoms with van der Waals surface area (Å²) in [6, 6.07) is 18.9. The molecule has 2 aliphatic rings. The second kappa shape index (κ2) is 12.1. The number of fused-ring (bicyclic) bond motifs is 4. The minimum absolute atomic E-state index is 0.0112. The smallest absolute Gasteiger partial charge is 0.252 e. The van der Waals surface area contributed by atoms with E-state index in [1.807, 2.05) is 41.5 Å². The van der Waals surface area contributed by atoms with Gasteiger partial charge in [0.15, 0.2) is 0 Å². The van der Waals surface area contributed by atoms with E-state index in [-0.39, 0.29) is 69.9 Å². The van der Waals surface area contributed by atoms with Crippen molar-refractivity contribution in [2.24, 2.45) is 0 Å². The van der Waals surface area contributed by atoms with Crippen LogP contribution in [-0.4, -0.2) is 6.71 Å². The van der Waals surface area contributed by atoms with Gasteiger partial charge in [0.2, 0.25) is 0 Å². The fourth-order valence-electron chi connectivity index (χ4n) is 7.47. The molecule has 2 nitrogen and oxygen atoms in total. The highest BCUT2D eigenvalue weighted by atomic mass is 15.2. The Morgan fingerprint density at radius 2 is 0.868 bits per heavy atom. The first-order valence-electron chi connectivity index (χ1n) is 22.7. The molecule has 0 bridgehead atoms. The highest BCUT2D eigenvalue weighted by Crippen LogP contribution is 2.47. The molecule has 0 aromatic heterocycles. The molecule has 5 aromatic rings. The van der Waals surface area contributed by atoms with E-state index in [1.54, 1.807) is 4.90 Å². The summed E-state index contributed by atoms with van der Waals surface area (Å²) in [5.74, 6) is 0. The second-order valence-electron chi connectivity index (χ2n) is 20.3. The number of hydrogen-bond acceptors (Lipinski definition) is 2. The molecule has 5 aromatic carbocycles. The third-order valence-corrected chi connectivity index (χ3v) is 10.9. The van der Waals surface area contributed by atoms with Gasteiger partial charge in [-0.3, -0.25) is 0 Å². The minimum Gasteiger partial charge on any atom is -0.311 e. The number of nitrogens with zero attached hydrogens (tertiary/aromatic N) is 2. The molecule has 0 saturated carbocycles. The van der Waals surface area contributed by atoms with Gasteiger partial charge in [0.05, 0.1) is 9.60 Å². The van der Waals surface area contributed by atoms with Crippen molar-refractivity contribution in [1.29, 1.82) is 0 Å². The van der Waals surface area contributed by atoms with Crippen molar-refractivity contribution in [1.82, 2.24) is 0 Å². The Labute approximate surface area is 331 Å². The fourth-order valence-corrected chi connectivity index (χ4v) is 7.47. The second-order valence-corrected chi connectivity index (χ2v) is 20.3. The summed E-state index contributed by atoms with van der Waals surface area (Å²) in [6.45, 7) is 30.7. The van der Waals surface area contributed by atoms with Crippen LogP contribution in [0.5, 0.6) is 0 Å². The van der Waals surface area contributed by atoms with Crippen molar-refractivity contribution < 1.29 is 9.60 Å². The Morgan fingerprint density at radius 3 is 1.38 bits per heavy atom. The van der Waals surface area contributed by atoms with Crippen LogP contribution in [-0.2, 0) is 27.1 Å². The first-order chi connectivity index (χ1) is 27.4. The lowest BCUT2D eigenvalue weighted by atomic mass is 9.33. The summed E-state index contributed by atoms with van der Waals surface area (Å²) >= 11 is 0. The topological polar surface area (TPSA) is 6.48 Å². The van der Waals surface area contributed by atoms with Gasteiger partial charge in [0, 0.05) is 34.1 Å². The first kappa shape index (κ1) is 29.2. The number of hydrogen-bond donors (Lipinski definition) is 0. The Bertz CT molecular complexity index is 2570. The lowest BCUT2D eigenvalue weighted by Crippen LogP contribution is -2.61. The number of benzene rings is 5. The molecule has 0 aliphatic carbocycles. The summed E-state index contributed by atoms with van der Waals surface area (Å²) < 4.78 is 67.8. The summed E-state index contributed by atoms with van der Waals surface area (Å²) in [7, 11) is 0. The predicted octanol–water partition coefficient (Wildman–Crippen LogP) is 12.3. The van der Waals surface area contributed by atoms with Gasteiger partial charge in [-0.1, -0.05) is 152 Å². The molecule has 0 radical (unpaired) electrons. The van der Waals surface area contributed by atoms with Crippen LogP contribution in [0.4, 0.5) is 34.1 Å². The van der Waals surface area contributed by atoms with Crippen LogP contribution >= 0.6 is 0 Å². The third-order valence-electron chi connectivity index (χ3n) is 10.9. The Morgan fingerprint density at radius 1 is 0.396 bits per heavy atom. The van der Waals surface area contributed by atoms with Crippen molar-refractivity contribution in [3.05, 3.63) is 125 Å². The molecule has 0 N–H and O–H groups in total. The first-order valence-corrected chi connectivity index (χ1v) is 19.2. The van der Waals surface area contributed by atoms with Crippen molar-refractivity contribution in [2.75, 3.05) is 9.80 Å². The van der Waals surface area contributed by atoms with Crippen LogP contribution in [0.15, 0.2) is 96.9 Å². The maximum atomic E-state index is 10.2. The number of rotatable bonds is 2. The third kappa shape index (κ3) is 6.53. The standard InChI is InChI=1S/C50H61BN2/c1-46(2,3)32-16-22-37(23-17-32)52-41-26-20-34(48(7,8)9)28-39(41)51-40-29-35(49(10,11)12)21-27-42(40)53(38-24-18-33(19-25-38)47(4,5)6)44-31-36(50(13,14)15)30-43(52)45(44)51/h16-31H,1-15H3/i16D,17D,20D,22D,23D,26D,28D.